The fourth-order valence-electron chi connectivity index (χ4n) is 3.30. The lowest BCUT2D eigenvalue weighted by molar-refractivity contribution is -0.385. The maximum atomic E-state index is 11.3. The lowest BCUT2D eigenvalue weighted by Gasteiger charge is -2.31. The summed E-state index contributed by atoms with van der Waals surface area (Å²) >= 11 is 12.9. The van der Waals surface area contributed by atoms with Crippen LogP contribution in [0.3, 0.4) is 0 Å². The molecule has 8 heteroatoms. The molecule has 0 saturated heterocycles. The summed E-state index contributed by atoms with van der Waals surface area (Å²) in [7, 11) is 0. The van der Waals surface area contributed by atoms with E-state index in [9.17, 15) is 10.1 Å². The Morgan fingerprint density at radius 2 is 1.90 bits per heavy atom. The van der Waals surface area contributed by atoms with Crippen LogP contribution >= 0.6 is 23.2 Å². The molecule has 30 heavy (non-hydrogen) atoms. The number of nitrogens with zero attached hydrogens (tertiary/aromatic N) is 3. The summed E-state index contributed by atoms with van der Waals surface area (Å²) in [6.45, 7) is 3.67. The number of nitro groups is 1. The van der Waals surface area contributed by atoms with Crippen molar-refractivity contribution >= 4 is 28.9 Å². The highest BCUT2D eigenvalue weighted by atomic mass is 35.5. The molecule has 6 nitrogen and oxygen atoms in total. The number of alkyl halides is 1. The van der Waals surface area contributed by atoms with Crippen molar-refractivity contribution in [2.24, 2.45) is 0 Å². The number of hydrogen-bond acceptors (Lipinski definition) is 5. The van der Waals surface area contributed by atoms with Gasteiger partial charge < -0.3 is 14.5 Å². The highest BCUT2D eigenvalue weighted by Gasteiger charge is 2.29. The zero-order chi connectivity index (χ0) is 21.5. The largest absolute Gasteiger partial charge is 0.370 e. The van der Waals surface area contributed by atoms with Gasteiger partial charge in [0.05, 0.1) is 18.1 Å². The molecule has 0 saturated carbocycles. The highest BCUT2D eigenvalue weighted by Crippen LogP contribution is 2.31. The lowest BCUT2D eigenvalue weighted by Crippen LogP contribution is -2.35. The minimum absolute atomic E-state index is 0.119. The number of ether oxygens (including phenoxy) is 1. The Bertz CT molecular complexity index is 876. The number of para-hydroxylation sites is 1. The molecule has 1 heterocycles. The molecule has 0 amide bonds. The molecule has 2 aromatic carbocycles. The van der Waals surface area contributed by atoms with Crippen molar-refractivity contribution in [1.29, 1.82) is 0 Å². The molecular formula is C22H25Cl2N3O3. The summed E-state index contributed by atoms with van der Waals surface area (Å²) in [5, 5.41) is 11.9. The van der Waals surface area contributed by atoms with E-state index in [2.05, 4.69) is 6.92 Å². The fourth-order valence-corrected chi connectivity index (χ4v) is 3.77. The van der Waals surface area contributed by atoms with Crippen LogP contribution in [0.25, 0.3) is 0 Å². The summed E-state index contributed by atoms with van der Waals surface area (Å²) in [6.07, 6.45) is 5.46. The monoisotopic (exact) mass is 449 g/mol. The molecule has 2 atom stereocenters. The van der Waals surface area contributed by atoms with E-state index in [1.807, 2.05) is 52.5 Å². The van der Waals surface area contributed by atoms with E-state index in [0.717, 1.165) is 18.4 Å². The molecule has 2 aromatic rings. The van der Waals surface area contributed by atoms with Crippen molar-refractivity contribution < 1.29 is 9.66 Å². The van der Waals surface area contributed by atoms with Gasteiger partial charge in [-0.3, -0.25) is 10.1 Å². The van der Waals surface area contributed by atoms with Crippen LogP contribution in [0.1, 0.15) is 37.0 Å². The van der Waals surface area contributed by atoms with Gasteiger partial charge in [0.1, 0.15) is 11.6 Å². The third-order valence-corrected chi connectivity index (χ3v) is 5.67. The van der Waals surface area contributed by atoms with Gasteiger partial charge in [-0.15, -0.1) is 0 Å². The average Bonchev–Trinajstić information content (AvgIpc) is 3.20. The number of benzene rings is 2. The van der Waals surface area contributed by atoms with Gasteiger partial charge in [0.15, 0.2) is 0 Å². The second kappa shape index (κ2) is 10.7. The number of unbranched alkanes of at least 4 members (excludes halogenated alkanes) is 1. The first-order valence-corrected chi connectivity index (χ1v) is 10.7. The van der Waals surface area contributed by atoms with Gasteiger partial charge in [0.2, 0.25) is 0 Å². The predicted octanol–water partition coefficient (Wildman–Crippen LogP) is 5.92. The Hall–Kier alpha value is -2.28. The van der Waals surface area contributed by atoms with Crippen molar-refractivity contribution in [3.05, 3.63) is 87.2 Å². The molecule has 0 fully saturated rings. The molecule has 0 bridgehead atoms. The summed E-state index contributed by atoms with van der Waals surface area (Å²) in [4.78, 5) is 14.9. The molecule has 0 spiro atoms. The Labute approximate surface area is 186 Å². The Morgan fingerprint density at radius 1 is 1.17 bits per heavy atom. The van der Waals surface area contributed by atoms with E-state index in [4.69, 9.17) is 27.9 Å². The van der Waals surface area contributed by atoms with E-state index in [-0.39, 0.29) is 16.7 Å². The number of rotatable bonds is 10. The van der Waals surface area contributed by atoms with Crippen molar-refractivity contribution in [3.63, 3.8) is 0 Å². The van der Waals surface area contributed by atoms with Gasteiger partial charge in [-0.05, 0) is 24.1 Å². The minimum Gasteiger partial charge on any atom is -0.370 e. The second-order valence-electron chi connectivity index (χ2n) is 7.16. The van der Waals surface area contributed by atoms with E-state index in [1.165, 1.54) is 6.07 Å². The molecular weight excluding hydrogens is 425 g/mol. The van der Waals surface area contributed by atoms with E-state index in [0.29, 0.717) is 30.4 Å². The van der Waals surface area contributed by atoms with Crippen LogP contribution in [-0.4, -0.2) is 33.5 Å². The minimum atomic E-state index is -0.435. The van der Waals surface area contributed by atoms with E-state index >= 15 is 0 Å². The number of nitro benzene ring substituents is 1. The van der Waals surface area contributed by atoms with Gasteiger partial charge in [-0.1, -0.05) is 66.9 Å². The predicted molar refractivity (Wildman–Crippen MR) is 119 cm³/mol. The van der Waals surface area contributed by atoms with Crippen LogP contribution in [0.2, 0.25) is 5.02 Å². The van der Waals surface area contributed by atoms with Crippen LogP contribution in [0.5, 0.6) is 0 Å². The molecule has 2 unspecified atom stereocenters. The van der Waals surface area contributed by atoms with Crippen LogP contribution < -0.4 is 0 Å². The molecule has 160 valence electrons. The Morgan fingerprint density at radius 3 is 2.60 bits per heavy atom. The van der Waals surface area contributed by atoms with Gasteiger partial charge >= 0.3 is 0 Å². The second-order valence-corrected chi connectivity index (χ2v) is 8.04. The zero-order valence-electron chi connectivity index (χ0n) is 16.8. The first kappa shape index (κ1) is 22.4. The molecule has 0 N–H and O–H groups in total. The smallest absolute Gasteiger partial charge is 0.274 e. The van der Waals surface area contributed by atoms with Gasteiger partial charge in [0.25, 0.3) is 5.69 Å². The van der Waals surface area contributed by atoms with Crippen LogP contribution in [0.15, 0.2) is 60.9 Å². The fraction of sp³-hybridized carbons (Fsp3) is 0.364. The Balaban J connectivity index is 1.69. The highest BCUT2D eigenvalue weighted by molar-refractivity contribution is 6.30. The first-order chi connectivity index (χ1) is 14.5. The van der Waals surface area contributed by atoms with Crippen molar-refractivity contribution in [2.45, 2.75) is 37.9 Å². The number of halogens is 2. The van der Waals surface area contributed by atoms with E-state index in [1.54, 1.807) is 12.1 Å². The topological polar surface area (TPSA) is 58.8 Å². The Kier molecular flexibility index (Phi) is 7.96. The third-order valence-electron chi connectivity index (χ3n) is 4.94. The summed E-state index contributed by atoms with van der Waals surface area (Å²) < 4.78 is 6.13. The van der Waals surface area contributed by atoms with Crippen LogP contribution in [0.4, 0.5) is 5.69 Å². The first-order valence-electron chi connectivity index (χ1n) is 9.91. The van der Waals surface area contributed by atoms with Crippen LogP contribution in [0, 0.1) is 10.1 Å². The molecule has 1 aliphatic rings. The van der Waals surface area contributed by atoms with Gasteiger partial charge in [-0.2, -0.15) is 0 Å². The molecule has 0 aliphatic carbocycles. The van der Waals surface area contributed by atoms with Crippen molar-refractivity contribution in [2.75, 3.05) is 13.3 Å². The zero-order valence-corrected chi connectivity index (χ0v) is 18.3. The lowest BCUT2D eigenvalue weighted by atomic mass is 10.1. The third kappa shape index (κ3) is 5.65. The molecule has 3 rings (SSSR count). The SMILES string of the molecule is CCCCOC(c1ccc(Cl)cc1)C(Cl)N1C=CN(Cc2ccccc2[N+](=O)[O-])C1. The molecule has 0 radical (unpaired) electrons. The maximum absolute atomic E-state index is 11.3. The summed E-state index contributed by atoms with van der Waals surface area (Å²) in [5.41, 5.74) is 1.30. The standard InChI is InChI=1S/C22H25Cl2N3O3/c1-2-3-14-30-21(17-8-10-19(23)11-9-17)22(24)26-13-12-25(16-26)15-18-6-4-5-7-20(18)27(28)29/h4-13,21-22H,2-3,14-16H2,1H3. The quantitative estimate of drug-likeness (QED) is 0.148. The summed E-state index contributed by atoms with van der Waals surface area (Å²) in [6, 6.07) is 14.3. The van der Waals surface area contributed by atoms with Gasteiger partial charge in [0, 0.05) is 35.7 Å². The molecule has 1 aliphatic heterocycles. The van der Waals surface area contributed by atoms with Gasteiger partial charge in [-0.25, -0.2) is 0 Å². The van der Waals surface area contributed by atoms with Crippen LogP contribution in [-0.2, 0) is 11.3 Å². The molecule has 0 aromatic heterocycles. The average molecular weight is 450 g/mol. The normalized spacial score (nSPS) is 15.4. The van der Waals surface area contributed by atoms with E-state index < -0.39 is 5.50 Å². The summed E-state index contributed by atoms with van der Waals surface area (Å²) in [5.74, 6) is 0. The van der Waals surface area contributed by atoms with Crippen molar-refractivity contribution in [1.82, 2.24) is 9.80 Å². The number of hydrogen-bond donors (Lipinski definition) is 0. The van der Waals surface area contributed by atoms with Crippen molar-refractivity contribution in [3.8, 4) is 0 Å². The maximum Gasteiger partial charge on any atom is 0.274 e.